The molecule has 0 bridgehead atoms. The number of nitrogens with one attached hydrogen (secondary N) is 1. The number of benzene rings is 3. The van der Waals surface area contributed by atoms with Crippen LogP contribution >= 0.6 is 0 Å². The number of carbonyl (C=O) groups excluding carboxylic acids is 1. The van der Waals surface area contributed by atoms with Gasteiger partial charge in [-0.25, -0.2) is 9.82 Å². The Morgan fingerprint density at radius 1 is 0.913 bits per heavy atom. The first kappa shape index (κ1) is 14.9. The van der Waals surface area contributed by atoms with E-state index in [0.29, 0.717) is 11.3 Å². The second-order valence-electron chi connectivity index (χ2n) is 5.21. The molecule has 3 aromatic rings. The van der Waals surface area contributed by atoms with E-state index in [-0.39, 0.29) is 11.7 Å². The van der Waals surface area contributed by atoms with Gasteiger partial charge in [0, 0.05) is 5.56 Å². The lowest BCUT2D eigenvalue weighted by atomic mass is 10.0. The van der Waals surface area contributed by atoms with Gasteiger partial charge in [-0.15, -0.1) is 0 Å². The average molecular weight is 306 g/mol. The highest BCUT2D eigenvalue weighted by Crippen LogP contribution is 2.16. The van der Waals surface area contributed by atoms with Crippen molar-refractivity contribution in [3.63, 3.8) is 0 Å². The van der Waals surface area contributed by atoms with Crippen LogP contribution in [0.25, 0.3) is 10.8 Å². The third-order valence-electron chi connectivity index (χ3n) is 3.60. The van der Waals surface area contributed by atoms with Gasteiger partial charge >= 0.3 is 0 Å². The molecule has 0 spiro atoms. The standard InChI is InChI=1S/C19H15FN2O/c1-13(16-7-6-14-4-2-3-5-17(14)12-16)21-22-19(23)15-8-10-18(20)11-9-15/h2-12H,1H3,(H,22,23)/b21-13+. The fourth-order valence-corrected chi connectivity index (χ4v) is 2.28. The van der Waals surface area contributed by atoms with Gasteiger partial charge < -0.3 is 0 Å². The summed E-state index contributed by atoms with van der Waals surface area (Å²) in [5.41, 5.74) is 4.49. The maximum atomic E-state index is 12.9. The predicted octanol–water partition coefficient (Wildman–Crippen LogP) is 4.13. The van der Waals surface area contributed by atoms with Gasteiger partial charge in [0.15, 0.2) is 0 Å². The zero-order valence-corrected chi connectivity index (χ0v) is 12.6. The maximum Gasteiger partial charge on any atom is 0.271 e. The number of rotatable bonds is 3. The summed E-state index contributed by atoms with van der Waals surface area (Å²) in [6, 6.07) is 19.4. The van der Waals surface area contributed by atoms with E-state index in [2.05, 4.69) is 10.5 Å². The summed E-state index contributed by atoms with van der Waals surface area (Å²) in [5.74, 6) is -0.748. The van der Waals surface area contributed by atoms with Gasteiger partial charge in [0.2, 0.25) is 0 Å². The Balaban J connectivity index is 1.78. The van der Waals surface area contributed by atoms with Crippen molar-refractivity contribution in [3.8, 4) is 0 Å². The number of halogens is 1. The number of hydrogen-bond acceptors (Lipinski definition) is 2. The van der Waals surface area contributed by atoms with Gasteiger partial charge in [-0.1, -0.05) is 36.4 Å². The van der Waals surface area contributed by atoms with Gasteiger partial charge in [-0.3, -0.25) is 4.79 Å². The van der Waals surface area contributed by atoms with Crippen molar-refractivity contribution in [2.45, 2.75) is 6.92 Å². The molecule has 23 heavy (non-hydrogen) atoms. The number of hydrazone groups is 1. The molecule has 0 aliphatic heterocycles. The van der Waals surface area contributed by atoms with Crippen molar-refractivity contribution in [3.05, 3.63) is 83.7 Å². The monoisotopic (exact) mass is 306 g/mol. The minimum atomic E-state index is -0.377. The molecule has 0 heterocycles. The smallest absolute Gasteiger partial charge is 0.267 e. The van der Waals surface area contributed by atoms with E-state index in [1.807, 2.05) is 49.4 Å². The van der Waals surface area contributed by atoms with Crippen molar-refractivity contribution in [2.75, 3.05) is 0 Å². The molecule has 0 saturated carbocycles. The van der Waals surface area contributed by atoms with Crippen molar-refractivity contribution in [1.29, 1.82) is 0 Å². The third kappa shape index (κ3) is 3.43. The molecule has 1 amide bonds. The second kappa shape index (κ2) is 6.40. The van der Waals surface area contributed by atoms with Gasteiger partial charge in [-0.05, 0) is 53.6 Å². The van der Waals surface area contributed by atoms with Crippen LogP contribution < -0.4 is 5.43 Å². The van der Waals surface area contributed by atoms with Crippen LogP contribution in [0, 0.1) is 5.82 Å². The number of amides is 1. The average Bonchev–Trinajstić information content (AvgIpc) is 2.59. The lowest BCUT2D eigenvalue weighted by Gasteiger charge is -2.05. The highest BCUT2D eigenvalue weighted by atomic mass is 19.1. The minimum absolute atomic E-state index is 0.362. The molecule has 114 valence electrons. The van der Waals surface area contributed by atoms with E-state index in [0.717, 1.165) is 16.3 Å². The molecule has 0 saturated heterocycles. The van der Waals surface area contributed by atoms with E-state index >= 15 is 0 Å². The van der Waals surface area contributed by atoms with Crippen LogP contribution in [0.2, 0.25) is 0 Å². The lowest BCUT2D eigenvalue weighted by molar-refractivity contribution is 0.0955. The van der Waals surface area contributed by atoms with Crippen LogP contribution in [0.15, 0.2) is 71.8 Å². The molecule has 0 radical (unpaired) electrons. The Morgan fingerprint density at radius 3 is 2.30 bits per heavy atom. The molecule has 0 aliphatic carbocycles. The highest BCUT2D eigenvalue weighted by Gasteiger charge is 2.05. The first-order valence-electron chi connectivity index (χ1n) is 7.23. The van der Waals surface area contributed by atoms with Crippen LogP contribution in [0.3, 0.4) is 0 Å². The molecule has 3 rings (SSSR count). The SMILES string of the molecule is C/C(=N\NC(=O)c1ccc(F)cc1)c1ccc2ccccc2c1. The number of hydrogen-bond donors (Lipinski definition) is 1. The lowest BCUT2D eigenvalue weighted by Crippen LogP contribution is -2.19. The molecule has 0 aromatic heterocycles. The summed E-state index contributed by atoms with van der Waals surface area (Å²) >= 11 is 0. The molecule has 4 heteroatoms. The van der Waals surface area contributed by atoms with E-state index < -0.39 is 0 Å². The second-order valence-corrected chi connectivity index (χ2v) is 5.21. The van der Waals surface area contributed by atoms with Gasteiger partial charge in [-0.2, -0.15) is 5.10 Å². The van der Waals surface area contributed by atoms with Crippen LogP contribution in [0.5, 0.6) is 0 Å². The molecule has 0 fully saturated rings. The summed E-state index contributed by atoms with van der Waals surface area (Å²) in [4.78, 5) is 12.0. The third-order valence-corrected chi connectivity index (χ3v) is 3.60. The topological polar surface area (TPSA) is 41.5 Å². The zero-order valence-electron chi connectivity index (χ0n) is 12.6. The zero-order chi connectivity index (χ0) is 16.2. The van der Waals surface area contributed by atoms with Gasteiger partial charge in [0.25, 0.3) is 5.91 Å². The number of carbonyl (C=O) groups is 1. The van der Waals surface area contributed by atoms with Gasteiger partial charge in [0.1, 0.15) is 5.82 Å². The largest absolute Gasteiger partial charge is 0.271 e. The summed E-state index contributed by atoms with van der Waals surface area (Å²) in [6.07, 6.45) is 0. The molecular weight excluding hydrogens is 291 g/mol. The van der Waals surface area contributed by atoms with Crippen molar-refractivity contribution >= 4 is 22.4 Å². The summed E-state index contributed by atoms with van der Waals surface area (Å²) in [7, 11) is 0. The van der Waals surface area contributed by atoms with Crippen LogP contribution in [0.1, 0.15) is 22.8 Å². The van der Waals surface area contributed by atoms with E-state index in [9.17, 15) is 9.18 Å². The molecule has 3 nitrogen and oxygen atoms in total. The van der Waals surface area contributed by atoms with E-state index in [1.54, 1.807) is 0 Å². The Bertz CT molecular complexity index is 885. The van der Waals surface area contributed by atoms with Crippen LogP contribution in [0.4, 0.5) is 4.39 Å². The summed E-state index contributed by atoms with van der Waals surface area (Å²) < 4.78 is 12.9. The maximum absolute atomic E-state index is 12.9. The number of fused-ring (bicyclic) bond motifs is 1. The molecule has 0 atom stereocenters. The molecule has 1 N–H and O–H groups in total. The van der Waals surface area contributed by atoms with E-state index in [4.69, 9.17) is 0 Å². The normalized spacial score (nSPS) is 11.5. The van der Waals surface area contributed by atoms with Gasteiger partial charge in [0.05, 0.1) is 5.71 Å². The Hall–Kier alpha value is -3.01. The quantitative estimate of drug-likeness (QED) is 0.573. The highest BCUT2D eigenvalue weighted by molar-refractivity contribution is 6.03. The first-order valence-corrected chi connectivity index (χ1v) is 7.23. The Labute approximate surface area is 133 Å². The van der Waals surface area contributed by atoms with Crippen molar-refractivity contribution in [2.24, 2.45) is 5.10 Å². The summed E-state index contributed by atoms with van der Waals surface area (Å²) in [5, 5.41) is 6.39. The predicted molar refractivity (Wildman–Crippen MR) is 90.0 cm³/mol. The number of nitrogens with zero attached hydrogens (tertiary/aromatic N) is 1. The Morgan fingerprint density at radius 2 is 1.57 bits per heavy atom. The van der Waals surface area contributed by atoms with Crippen molar-refractivity contribution < 1.29 is 9.18 Å². The minimum Gasteiger partial charge on any atom is -0.267 e. The van der Waals surface area contributed by atoms with E-state index in [1.165, 1.54) is 24.3 Å². The van der Waals surface area contributed by atoms with Crippen LogP contribution in [-0.2, 0) is 0 Å². The van der Waals surface area contributed by atoms with Crippen molar-refractivity contribution in [1.82, 2.24) is 5.43 Å². The molecular formula is C19H15FN2O. The Kier molecular flexibility index (Phi) is 4.15. The fourth-order valence-electron chi connectivity index (χ4n) is 2.28. The molecule has 0 unspecified atom stereocenters. The molecule has 3 aromatic carbocycles. The molecule has 0 aliphatic rings. The first-order chi connectivity index (χ1) is 11.1. The summed E-state index contributed by atoms with van der Waals surface area (Å²) in [6.45, 7) is 1.83. The van der Waals surface area contributed by atoms with Crippen LogP contribution in [-0.4, -0.2) is 11.6 Å². The fraction of sp³-hybridized carbons (Fsp3) is 0.0526.